The number of amides is 1. The zero-order valence-electron chi connectivity index (χ0n) is 17.3. The summed E-state index contributed by atoms with van der Waals surface area (Å²) in [5, 5.41) is 6.99. The Balaban J connectivity index is 1.64. The molecular weight excluding hydrogens is 354 g/mol. The van der Waals surface area contributed by atoms with Crippen molar-refractivity contribution in [2.75, 3.05) is 23.7 Å². The van der Waals surface area contributed by atoms with Gasteiger partial charge in [0.25, 0.3) is 0 Å². The SMILES string of the molecule is CCC(=O)C[C@H]1CCC[C@H]1Nc1nc(N[C@H]2CCCN(C(C)=O)C2)ncc1C. The van der Waals surface area contributed by atoms with Gasteiger partial charge in [-0.2, -0.15) is 4.98 Å². The summed E-state index contributed by atoms with van der Waals surface area (Å²) in [5.41, 5.74) is 1.01. The van der Waals surface area contributed by atoms with Crippen LogP contribution in [0, 0.1) is 12.8 Å². The molecule has 0 spiro atoms. The minimum Gasteiger partial charge on any atom is -0.367 e. The highest BCUT2D eigenvalue weighted by atomic mass is 16.2. The van der Waals surface area contributed by atoms with Gasteiger partial charge in [-0.05, 0) is 38.5 Å². The molecular formula is C21H33N5O2. The van der Waals surface area contributed by atoms with Crippen LogP contribution in [0.15, 0.2) is 6.20 Å². The minimum atomic E-state index is 0.118. The van der Waals surface area contributed by atoms with E-state index in [1.54, 1.807) is 6.92 Å². The Bertz CT molecular complexity index is 708. The molecule has 1 aliphatic heterocycles. The molecule has 1 aromatic heterocycles. The van der Waals surface area contributed by atoms with Crippen LogP contribution in [0.25, 0.3) is 0 Å². The first kappa shape index (κ1) is 20.6. The number of rotatable bonds is 7. The van der Waals surface area contributed by atoms with Crippen LogP contribution in [0.3, 0.4) is 0 Å². The first-order valence-corrected chi connectivity index (χ1v) is 10.6. The molecule has 2 fully saturated rings. The van der Waals surface area contributed by atoms with E-state index in [0.717, 1.165) is 50.0 Å². The Morgan fingerprint density at radius 3 is 2.79 bits per heavy atom. The minimum absolute atomic E-state index is 0.118. The molecule has 154 valence electrons. The number of carbonyl (C=O) groups excluding carboxylic acids is 2. The van der Waals surface area contributed by atoms with Crippen LogP contribution in [0.5, 0.6) is 0 Å². The van der Waals surface area contributed by atoms with Gasteiger partial charge in [-0.3, -0.25) is 9.59 Å². The number of aryl methyl sites for hydroxylation is 1. The number of carbonyl (C=O) groups is 2. The van der Waals surface area contributed by atoms with Crippen molar-refractivity contribution < 1.29 is 9.59 Å². The van der Waals surface area contributed by atoms with E-state index in [1.807, 2.05) is 24.9 Å². The molecule has 3 rings (SSSR count). The first-order chi connectivity index (χ1) is 13.5. The molecule has 7 nitrogen and oxygen atoms in total. The quantitative estimate of drug-likeness (QED) is 0.747. The lowest BCUT2D eigenvalue weighted by molar-refractivity contribution is -0.129. The molecule has 7 heteroatoms. The average molecular weight is 388 g/mol. The van der Waals surface area contributed by atoms with E-state index in [-0.39, 0.29) is 11.9 Å². The summed E-state index contributed by atoms with van der Waals surface area (Å²) in [4.78, 5) is 34.6. The van der Waals surface area contributed by atoms with Crippen LogP contribution in [0.1, 0.15) is 64.4 Å². The predicted octanol–water partition coefficient (Wildman–Crippen LogP) is 3.16. The Hall–Kier alpha value is -2.18. The van der Waals surface area contributed by atoms with Crippen LogP contribution in [0.2, 0.25) is 0 Å². The maximum atomic E-state index is 11.9. The van der Waals surface area contributed by atoms with Gasteiger partial charge in [-0.15, -0.1) is 0 Å². The van der Waals surface area contributed by atoms with E-state index in [9.17, 15) is 9.59 Å². The van der Waals surface area contributed by atoms with Gasteiger partial charge < -0.3 is 15.5 Å². The Morgan fingerprint density at radius 1 is 1.21 bits per heavy atom. The van der Waals surface area contributed by atoms with Crippen molar-refractivity contribution in [1.82, 2.24) is 14.9 Å². The van der Waals surface area contributed by atoms with Gasteiger partial charge in [-0.1, -0.05) is 13.3 Å². The Kier molecular flexibility index (Phi) is 6.86. The van der Waals surface area contributed by atoms with E-state index in [0.29, 0.717) is 43.1 Å². The Morgan fingerprint density at radius 2 is 2.04 bits per heavy atom. The van der Waals surface area contributed by atoms with Gasteiger partial charge in [0, 0.05) is 56.7 Å². The highest BCUT2D eigenvalue weighted by molar-refractivity contribution is 5.78. The molecule has 28 heavy (non-hydrogen) atoms. The summed E-state index contributed by atoms with van der Waals surface area (Å²) in [6, 6.07) is 0.467. The molecule has 2 aliphatic rings. The van der Waals surface area contributed by atoms with Crippen molar-refractivity contribution in [3.63, 3.8) is 0 Å². The lowest BCUT2D eigenvalue weighted by Crippen LogP contribution is -2.44. The third-order valence-corrected chi connectivity index (χ3v) is 6.04. The number of Topliss-reactive ketones (excluding diaryl/α,β-unsaturated/α-hetero) is 1. The van der Waals surface area contributed by atoms with Gasteiger partial charge in [0.1, 0.15) is 11.6 Å². The number of aromatic nitrogens is 2. The first-order valence-electron chi connectivity index (χ1n) is 10.6. The van der Waals surface area contributed by atoms with Crippen LogP contribution >= 0.6 is 0 Å². The molecule has 2 heterocycles. The van der Waals surface area contributed by atoms with Gasteiger partial charge in [0.2, 0.25) is 11.9 Å². The maximum Gasteiger partial charge on any atom is 0.224 e. The second kappa shape index (κ2) is 9.34. The molecule has 1 saturated carbocycles. The third-order valence-electron chi connectivity index (χ3n) is 6.04. The molecule has 1 amide bonds. The van der Waals surface area contributed by atoms with E-state index in [1.165, 1.54) is 0 Å². The van der Waals surface area contributed by atoms with E-state index < -0.39 is 0 Å². The van der Waals surface area contributed by atoms with Gasteiger partial charge in [0.15, 0.2) is 0 Å². The van der Waals surface area contributed by atoms with Crippen molar-refractivity contribution in [2.24, 2.45) is 5.92 Å². The molecule has 1 aromatic rings. The molecule has 1 aliphatic carbocycles. The van der Waals surface area contributed by atoms with E-state index in [4.69, 9.17) is 4.98 Å². The topological polar surface area (TPSA) is 87.2 Å². The standard InChI is InChI=1S/C21H33N5O2/c1-4-18(28)11-16-7-5-9-19(16)24-20-14(2)12-22-21(25-20)23-17-8-6-10-26(13-17)15(3)27/h12,16-17,19H,4-11,13H2,1-3H3,(H2,22,23,24,25)/t16-,17+,19-/m1/s1. The number of likely N-dealkylation sites (tertiary alicyclic amines) is 1. The normalized spacial score (nSPS) is 24.8. The molecule has 3 atom stereocenters. The number of hydrogen-bond acceptors (Lipinski definition) is 6. The highest BCUT2D eigenvalue weighted by Crippen LogP contribution is 2.32. The van der Waals surface area contributed by atoms with Gasteiger partial charge in [0.05, 0.1) is 0 Å². The molecule has 1 saturated heterocycles. The second-order valence-electron chi connectivity index (χ2n) is 8.21. The van der Waals surface area contributed by atoms with Gasteiger partial charge >= 0.3 is 0 Å². The smallest absolute Gasteiger partial charge is 0.224 e. The average Bonchev–Trinajstić information content (AvgIpc) is 3.11. The van der Waals surface area contributed by atoms with Crippen LogP contribution in [-0.2, 0) is 9.59 Å². The summed E-state index contributed by atoms with van der Waals surface area (Å²) < 4.78 is 0. The fraction of sp³-hybridized carbons (Fsp3) is 0.714. The predicted molar refractivity (Wildman–Crippen MR) is 110 cm³/mol. The fourth-order valence-electron chi connectivity index (χ4n) is 4.30. The van der Waals surface area contributed by atoms with Gasteiger partial charge in [-0.25, -0.2) is 4.98 Å². The summed E-state index contributed by atoms with van der Waals surface area (Å²) in [6.45, 7) is 7.08. The Labute approximate surface area is 167 Å². The lowest BCUT2D eigenvalue weighted by atomic mass is 9.96. The number of anilines is 2. The van der Waals surface area contributed by atoms with Crippen molar-refractivity contribution in [2.45, 2.75) is 77.8 Å². The number of hydrogen-bond donors (Lipinski definition) is 2. The third kappa shape index (κ3) is 5.20. The lowest BCUT2D eigenvalue weighted by Gasteiger charge is -2.32. The van der Waals surface area contributed by atoms with E-state index >= 15 is 0 Å². The molecule has 0 bridgehead atoms. The number of ketones is 1. The van der Waals surface area contributed by atoms with Crippen molar-refractivity contribution in [3.05, 3.63) is 11.8 Å². The fourth-order valence-corrected chi connectivity index (χ4v) is 4.30. The van der Waals surface area contributed by atoms with E-state index in [2.05, 4.69) is 15.6 Å². The number of nitrogens with zero attached hydrogens (tertiary/aromatic N) is 3. The summed E-state index contributed by atoms with van der Waals surface area (Å²) >= 11 is 0. The maximum absolute atomic E-state index is 11.9. The van der Waals surface area contributed by atoms with Crippen molar-refractivity contribution in [1.29, 1.82) is 0 Å². The summed E-state index contributed by atoms with van der Waals surface area (Å²) in [6.07, 6.45) is 8.43. The van der Waals surface area contributed by atoms with Crippen molar-refractivity contribution >= 4 is 23.5 Å². The summed E-state index contributed by atoms with van der Waals surface area (Å²) in [5.74, 6) is 2.29. The van der Waals surface area contributed by atoms with Crippen LogP contribution < -0.4 is 10.6 Å². The van der Waals surface area contributed by atoms with Crippen LogP contribution in [0.4, 0.5) is 11.8 Å². The monoisotopic (exact) mass is 387 g/mol. The molecule has 2 N–H and O–H groups in total. The molecule has 0 aromatic carbocycles. The number of piperidine rings is 1. The zero-order chi connectivity index (χ0) is 20.1. The molecule has 0 radical (unpaired) electrons. The largest absolute Gasteiger partial charge is 0.367 e. The summed E-state index contributed by atoms with van der Waals surface area (Å²) in [7, 11) is 0. The zero-order valence-corrected chi connectivity index (χ0v) is 17.3. The highest BCUT2D eigenvalue weighted by Gasteiger charge is 2.29. The van der Waals surface area contributed by atoms with Crippen molar-refractivity contribution in [3.8, 4) is 0 Å². The number of nitrogens with one attached hydrogen (secondary N) is 2. The van der Waals surface area contributed by atoms with Crippen LogP contribution in [-0.4, -0.2) is 51.7 Å². The molecule has 0 unspecified atom stereocenters. The second-order valence-corrected chi connectivity index (χ2v) is 8.21.